The fraction of sp³-hybridized carbons (Fsp3) is 0.556. The highest BCUT2D eigenvalue weighted by Crippen LogP contribution is 2.39. The Labute approximate surface area is 76.2 Å². The molecule has 1 saturated carbocycles. The van der Waals surface area contributed by atoms with Crippen LogP contribution >= 0.6 is 0 Å². The van der Waals surface area contributed by atoms with Crippen molar-refractivity contribution >= 4 is 5.97 Å². The van der Waals surface area contributed by atoms with E-state index >= 15 is 0 Å². The average molecular weight is 180 g/mol. The van der Waals surface area contributed by atoms with Gasteiger partial charge in [0.15, 0.2) is 6.04 Å². The lowest BCUT2D eigenvalue weighted by molar-refractivity contribution is -0.141. The van der Waals surface area contributed by atoms with Gasteiger partial charge in [-0.2, -0.15) is 5.10 Å². The van der Waals surface area contributed by atoms with E-state index in [-0.39, 0.29) is 5.92 Å². The van der Waals surface area contributed by atoms with Crippen LogP contribution < -0.4 is 0 Å². The van der Waals surface area contributed by atoms with E-state index in [9.17, 15) is 4.79 Å². The lowest BCUT2D eigenvalue weighted by atomic mass is 10.2. The van der Waals surface area contributed by atoms with Crippen molar-refractivity contribution in [2.45, 2.75) is 25.8 Å². The minimum Gasteiger partial charge on any atom is -0.480 e. The maximum absolute atomic E-state index is 10.9. The Morgan fingerprint density at radius 2 is 2.46 bits per heavy atom. The molecule has 1 aromatic rings. The Bertz CT molecular complexity index is 328. The van der Waals surface area contributed by atoms with E-state index in [1.807, 2.05) is 13.0 Å². The lowest BCUT2D eigenvalue weighted by Crippen LogP contribution is -2.21. The van der Waals surface area contributed by atoms with Crippen LogP contribution in [0, 0.1) is 12.8 Å². The molecule has 4 heteroatoms. The number of hydrogen-bond acceptors (Lipinski definition) is 2. The van der Waals surface area contributed by atoms with Crippen LogP contribution in [0.2, 0.25) is 0 Å². The van der Waals surface area contributed by atoms with Crippen LogP contribution in [0.4, 0.5) is 0 Å². The molecule has 0 saturated heterocycles. The van der Waals surface area contributed by atoms with Crippen molar-refractivity contribution in [1.82, 2.24) is 9.78 Å². The zero-order valence-electron chi connectivity index (χ0n) is 7.47. The number of carbonyl (C=O) groups is 1. The molecule has 13 heavy (non-hydrogen) atoms. The van der Waals surface area contributed by atoms with Gasteiger partial charge < -0.3 is 5.11 Å². The number of rotatable bonds is 3. The monoisotopic (exact) mass is 180 g/mol. The maximum Gasteiger partial charge on any atom is 0.328 e. The molecular formula is C9H12N2O2. The highest BCUT2D eigenvalue weighted by atomic mass is 16.4. The number of aryl methyl sites for hydroxylation is 1. The van der Waals surface area contributed by atoms with Crippen molar-refractivity contribution in [2.75, 3.05) is 0 Å². The zero-order valence-corrected chi connectivity index (χ0v) is 7.47. The molecule has 0 amide bonds. The number of hydrogen-bond donors (Lipinski definition) is 1. The van der Waals surface area contributed by atoms with Crippen LogP contribution in [0.3, 0.4) is 0 Å². The van der Waals surface area contributed by atoms with E-state index in [2.05, 4.69) is 5.10 Å². The Morgan fingerprint density at radius 3 is 2.85 bits per heavy atom. The SMILES string of the molecule is Cc1ccn(C(C(=O)O)C2CC2)n1. The quantitative estimate of drug-likeness (QED) is 0.761. The molecule has 1 aliphatic rings. The van der Waals surface area contributed by atoms with Crippen molar-refractivity contribution in [3.05, 3.63) is 18.0 Å². The van der Waals surface area contributed by atoms with Crippen molar-refractivity contribution in [2.24, 2.45) is 5.92 Å². The van der Waals surface area contributed by atoms with Gasteiger partial charge in [-0.05, 0) is 31.7 Å². The van der Waals surface area contributed by atoms with Crippen LogP contribution in [0.5, 0.6) is 0 Å². The first-order valence-electron chi connectivity index (χ1n) is 4.43. The van der Waals surface area contributed by atoms with Gasteiger partial charge in [0.2, 0.25) is 0 Å². The second-order valence-electron chi connectivity index (χ2n) is 3.56. The third kappa shape index (κ3) is 1.56. The third-order valence-corrected chi connectivity index (χ3v) is 2.35. The minimum absolute atomic E-state index is 0.289. The summed E-state index contributed by atoms with van der Waals surface area (Å²) in [4.78, 5) is 10.9. The molecule has 2 rings (SSSR count). The lowest BCUT2D eigenvalue weighted by Gasteiger charge is -2.10. The largest absolute Gasteiger partial charge is 0.480 e. The molecule has 1 unspecified atom stereocenters. The van der Waals surface area contributed by atoms with Crippen molar-refractivity contribution in [1.29, 1.82) is 0 Å². The van der Waals surface area contributed by atoms with Crippen LogP contribution in [-0.2, 0) is 4.79 Å². The van der Waals surface area contributed by atoms with Crippen LogP contribution in [0.15, 0.2) is 12.3 Å². The number of carboxylic acids is 1. The topological polar surface area (TPSA) is 55.1 Å². The summed E-state index contributed by atoms with van der Waals surface area (Å²) in [7, 11) is 0. The summed E-state index contributed by atoms with van der Waals surface area (Å²) >= 11 is 0. The van der Waals surface area contributed by atoms with Gasteiger partial charge >= 0.3 is 5.97 Å². The summed E-state index contributed by atoms with van der Waals surface area (Å²) in [5.41, 5.74) is 0.868. The molecule has 1 N–H and O–H groups in total. The highest BCUT2D eigenvalue weighted by Gasteiger charge is 2.37. The molecule has 1 aliphatic carbocycles. The van der Waals surface area contributed by atoms with Gasteiger partial charge in [-0.15, -0.1) is 0 Å². The summed E-state index contributed by atoms with van der Waals surface area (Å²) < 4.78 is 1.56. The van der Waals surface area contributed by atoms with Gasteiger partial charge in [-0.25, -0.2) is 4.79 Å². The number of aliphatic carboxylic acids is 1. The molecule has 70 valence electrons. The van der Waals surface area contributed by atoms with Gasteiger partial charge in [0, 0.05) is 6.20 Å². The standard InChI is InChI=1S/C9H12N2O2/c1-6-4-5-11(10-6)8(9(12)13)7-2-3-7/h4-5,7-8H,2-3H2,1H3,(H,12,13). The van der Waals surface area contributed by atoms with Crippen molar-refractivity contribution in [3.8, 4) is 0 Å². The number of nitrogens with zero attached hydrogens (tertiary/aromatic N) is 2. The maximum atomic E-state index is 10.9. The second-order valence-corrected chi connectivity index (χ2v) is 3.56. The van der Waals surface area contributed by atoms with Crippen LogP contribution in [0.1, 0.15) is 24.6 Å². The Hall–Kier alpha value is -1.32. The smallest absolute Gasteiger partial charge is 0.328 e. The van der Waals surface area contributed by atoms with Crippen LogP contribution in [-0.4, -0.2) is 20.9 Å². The number of carboxylic acid groups (broad SMARTS) is 1. The summed E-state index contributed by atoms with van der Waals surface area (Å²) in [5, 5.41) is 13.1. The first kappa shape index (κ1) is 8.29. The van der Waals surface area contributed by atoms with E-state index < -0.39 is 12.0 Å². The predicted octanol–water partition coefficient (Wildman–Crippen LogP) is 1.23. The molecule has 1 atom stereocenters. The van der Waals surface area contributed by atoms with Crippen molar-refractivity contribution in [3.63, 3.8) is 0 Å². The Morgan fingerprint density at radius 1 is 1.77 bits per heavy atom. The minimum atomic E-state index is -0.773. The van der Waals surface area contributed by atoms with E-state index in [1.54, 1.807) is 10.9 Å². The molecular weight excluding hydrogens is 168 g/mol. The van der Waals surface area contributed by atoms with Gasteiger partial charge in [0.05, 0.1) is 5.69 Å². The summed E-state index contributed by atoms with van der Waals surface area (Å²) in [6, 6.07) is 1.38. The van der Waals surface area contributed by atoms with E-state index in [4.69, 9.17) is 5.11 Å². The molecule has 0 aromatic carbocycles. The molecule has 1 fully saturated rings. The molecule has 0 spiro atoms. The Kier molecular flexibility index (Phi) is 1.83. The predicted molar refractivity (Wildman–Crippen MR) is 46.4 cm³/mol. The van der Waals surface area contributed by atoms with E-state index in [1.165, 1.54) is 0 Å². The third-order valence-electron chi connectivity index (χ3n) is 2.35. The van der Waals surface area contributed by atoms with E-state index in [0.29, 0.717) is 0 Å². The molecule has 4 nitrogen and oxygen atoms in total. The first-order valence-corrected chi connectivity index (χ1v) is 4.43. The van der Waals surface area contributed by atoms with Crippen molar-refractivity contribution < 1.29 is 9.90 Å². The molecule has 1 aromatic heterocycles. The summed E-state index contributed by atoms with van der Waals surface area (Å²) in [6.45, 7) is 1.86. The fourth-order valence-electron chi connectivity index (χ4n) is 1.53. The molecule has 0 aliphatic heterocycles. The number of aromatic nitrogens is 2. The molecule has 0 radical (unpaired) electrons. The Balaban J connectivity index is 2.24. The fourth-order valence-corrected chi connectivity index (χ4v) is 1.53. The zero-order chi connectivity index (χ0) is 9.42. The van der Waals surface area contributed by atoms with Gasteiger partial charge in [0.25, 0.3) is 0 Å². The summed E-state index contributed by atoms with van der Waals surface area (Å²) in [6.07, 6.45) is 3.76. The first-order chi connectivity index (χ1) is 6.18. The second kappa shape index (κ2) is 2.87. The van der Waals surface area contributed by atoms with E-state index in [0.717, 1.165) is 18.5 Å². The molecule has 1 heterocycles. The van der Waals surface area contributed by atoms with Gasteiger partial charge in [-0.1, -0.05) is 0 Å². The highest BCUT2D eigenvalue weighted by molar-refractivity contribution is 5.72. The van der Waals surface area contributed by atoms with Gasteiger partial charge in [-0.3, -0.25) is 4.68 Å². The van der Waals surface area contributed by atoms with Crippen LogP contribution in [0.25, 0.3) is 0 Å². The van der Waals surface area contributed by atoms with Gasteiger partial charge in [0.1, 0.15) is 0 Å². The normalized spacial score (nSPS) is 18.5. The summed E-state index contributed by atoms with van der Waals surface area (Å²) in [5.74, 6) is -0.484. The average Bonchev–Trinajstić information content (AvgIpc) is 2.76. The molecule has 0 bridgehead atoms.